The summed E-state index contributed by atoms with van der Waals surface area (Å²) in [7, 11) is 0. The van der Waals surface area contributed by atoms with Crippen molar-refractivity contribution in [1.29, 1.82) is 0 Å². The molecule has 0 amide bonds. The van der Waals surface area contributed by atoms with Crippen LogP contribution in [0.3, 0.4) is 0 Å². The molecule has 220 valence electrons. The van der Waals surface area contributed by atoms with Crippen LogP contribution in [0.1, 0.15) is 11.1 Å². The van der Waals surface area contributed by atoms with Crippen molar-refractivity contribution in [3.63, 3.8) is 0 Å². The van der Waals surface area contributed by atoms with Crippen LogP contribution in [-0.2, 0) is 0 Å². The summed E-state index contributed by atoms with van der Waals surface area (Å²) >= 11 is 0. The van der Waals surface area contributed by atoms with Gasteiger partial charge in [0.25, 0.3) is 22.2 Å². The molecule has 4 aromatic rings. The van der Waals surface area contributed by atoms with Gasteiger partial charge in [0, 0.05) is 22.3 Å². The number of aryl methyl sites for hydroxylation is 2. The summed E-state index contributed by atoms with van der Waals surface area (Å²) in [5.41, 5.74) is 5.30. The molecule has 0 saturated heterocycles. The monoisotopic (exact) mass is 600 g/mol. The Balaban J connectivity index is 0.000000147. The van der Waals surface area contributed by atoms with Crippen LogP contribution in [0.25, 0.3) is 45.0 Å². The highest BCUT2D eigenvalue weighted by molar-refractivity contribution is 5.68. The SMILES string of the molecule is Cc1ccc(-c2nc(=O)c3c(-c4ccc(C)cc4)nc(=O)c2=3)cc1.O=c1nc(-c2ccccc2)c2c(=O)nc(-c3ccccc3)c1=2. The van der Waals surface area contributed by atoms with E-state index in [2.05, 4.69) is 19.9 Å². The van der Waals surface area contributed by atoms with Gasteiger partial charge in [0.05, 0.1) is 43.7 Å². The average molecular weight is 601 g/mol. The van der Waals surface area contributed by atoms with Crippen molar-refractivity contribution in [2.24, 2.45) is 0 Å². The van der Waals surface area contributed by atoms with Gasteiger partial charge in [0.1, 0.15) is 0 Å². The number of nitrogens with zero attached hydrogens (tertiary/aromatic N) is 4. The molecule has 0 unspecified atom stereocenters. The minimum atomic E-state index is -0.401. The maximum Gasteiger partial charge on any atom is 0.280 e. The van der Waals surface area contributed by atoms with E-state index in [0.717, 1.165) is 33.4 Å². The largest absolute Gasteiger partial charge is 0.280 e. The van der Waals surface area contributed by atoms with E-state index in [1.54, 1.807) is 0 Å². The van der Waals surface area contributed by atoms with Crippen molar-refractivity contribution in [1.82, 2.24) is 19.9 Å². The van der Waals surface area contributed by atoms with Crippen LogP contribution in [0, 0.1) is 34.7 Å². The maximum absolute atomic E-state index is 12.4. The zero-order valence-corrected chi connectivity index (χ0v) is 24.8. The molecule has 0 saturated carbocycles. The molecule has 8 heteroatoms. The number of hydrogen-bond donors (Lipinski definition) is 0. The second kappa shape index (κ2) is 11.3. The van der Waals surface area contributed by atoms with Gasteiger partial charge in [-0.2, -0.15) is 0 Å². The first-order valence-electron chi connectivity index (χ1n) is 14.6. The van der Waals surface area contributed by atoms with Gasteiger partial charge >= 0.3 is 0 Å². The Kier molecular flexibility index (Phi) is 7.02. The normalized spacial score (nSPS) is 11.2. The Morgan fingerprint density at radius 2 is 0.565 bits per heavy atom. The summed E-state index contributed by atoms with van der Waals surface area (Å²) in [4.78, 5) is 65.8. The lowest BCUT2D eigenvalue weighted by Gasteiger charge is -1.97. The van der Waals surface area contributed by atoms with Gasteiger partial charge in [0.15, 0.2) is 0 Å². The molecule has 0 spiro atoms. The molecular weight excluding hydrogens is 576 g/mol. The van der Waals surface area contributed by atoms with Crippen LogP contribution in [0.2, 0.25) is 0 Å². The quantitative estimate of drug-likeness (QED) is 0.280. The zero-order chi connectivity index (χ0) is 31.9. The highest BCUT2D eigenvalue weighted by atomic mass is 16.1. The van der Waals surface area contributed by atoms with Gasteiger partial charge in [-0.25, -0.2) is 19.9 Å². The molecule has 0 radical (unpaired) electrons. The molecule has 4 aliphatic rings. The maximum atomic E-state index is 12.4. The average Bonchev–Trinajstić information content (AvgIpc) is 3.81. The molecule has 4 aromatic carbocycles. The Bertz CT molecular complexity index is 2470. The van der Waals surface area contributed by atoms with Crippen LogP contribution in [-0.4, -0.2) is 19.9 Å². The van der Waals surface area contributed by atoms with Crippen molar-refractivity contribution in [3.8, 4) is 45.0 Å². The Morgan fingerprint density at radius 1 is 0.326 bits per heavy atom. The summed E-state index contributed by atoms with van der Waals surface area (Å²) in [6.45, 7) is 3.96. The molecule has 46 heavy (non-hydrogen) atoms. The van der Waals surface area contributed by atoms with Crippen LogP contribution in [0.4, 0.5) is 0 Å². The summed E-state index contributed by atoms with van der Waals surface area (Å²) < 4.78 is 0. The topological polar surface area (TPSA) is 120 Å². The molecule has 8 nitrogen and oxygen atoms in total. The smallest absolute Gasteiger partial charge is 0.267 e. The third-order valence-electron chi connectivity index (χ3n) is 7.90. The van der Waals surface area contributed by atoms with Crippen molar-refractivity contribution in [2.75, 3.05) is 0 Å². The van der Waals surface area contributed by atoms with E-state index in [4.69, 9.17) is 0 Å². The van der Waals surface area contributed by atoms with E-state index in [1.165, 1.54) is 0 Å². The fourth-order valence-corrected chi connectivity index (χ4v) is 5.61. The molecule has 0 aromatic heterocycles. The molecule has 4 heterocycles. The lowest BCUT2D eigenvalue weighted by atomic mass is 10.1. The Morgan fingerprint density at radius 3 is 0.826 bits per heavy atom. The van der Waals surface area contributed by atoms with E-state index in [9.17, 15) is 19.2 Å². The summed E-state index contributed by atoms with van der Waals surface area (Å²) in [6.07, 6.45) is 0. The number of hydrogen-bond acceptors (Lipinski definition) is 8. The third kappa shape index (κ3) is 4.92. The molecule has 0 aliphatic carbocycles. The van der Waals surface area contributed by atoms with Crippen molar-refractivity contribution in [3.05, 3.63) is 183 Å². The first-order chi connectivity index (χ1) is 22.3. The molecule has 8 rings (SSSR count). The van der Waals surface area contributed by atoms with E-state index in [0.29, 0.717) is 43.7 Å². The van der Waals surface area contributed by atoms with E-state index in [-0.39, 0.29) is 0 Å². The standard InChI is InChI=1S/C20H14N2O2.C18H10N2O2/c1-11-3-7-13(8-4-11)17-15-16(20(24)21-17)18(22-19(15)23)14-9-5-12(2)6-10-14;21-17-13-14(16(20-17)12-9-5-2-6-10-12)18(22)19-15(13)11-7-3-1-4-8-11/h3-10H,1-2H3;1-10H. The van der Waals surface area contributed by atoms with Crippen LogP contribution < -0.4 is 22.2 Å². The highest BCUT2D eigenvalue weighted by Gasteiger charge is 2.20. The molecule has 0 bridgehead atoms. The minimum absolute atomic E-state index is 0.315. The Labute approximate surface area is 261 Å². The van der Waals surface area contributed by atoms with Gasteiger partial charge in [-0.1, -0.05) is 120 Å². The van der Waals surface area contributed by atoms with E-state index >= 15 is 0 Å². The molecule has 0 fully saturated rings. The Hall–Kier alpha value is -6.28. The van der Waals surface area contributed by atoms with Gasteiger partial charge in [-0.05, 0) is 13.8 Å². The third-order valence-corrected chi connectivity index (χ3v) is 7.90. The van der Waals surface area contributed by atoms with Gasteiger partial charge in [0.2, 0.25) is 0 Å². The van der Waals surface area contributed by atoms with Gasteiger partial charge in [-0.15, -0.1) is 0 Å². The van der Waals surface area contributed by atoms with E-state index in [1.807, 2.05) is 123 Å². The summed E-state index contributed by atoms with van der Waals surface area (Å²) in [5, 5.41) is 1.27. The molecular formula is C38H24N4O4. The van der Waals surface area contributed by atoms with E-state index < -0.39 is 22.2 Å². The zero-order valence-electron chi connectivity index (χ0n) is 24.8. The minimum Gasteiger partial charge on any atom is -0.267 e. The number of aromatic nitrogens is 4. The molecule has 4 aliphatic heterocycles. The fourth-order valence-electron chi connectivity index (χ4n) is 5.61. The lowest BCUT2D eigenvalue weighted by Crippen LogP contribution is -2.04. The molecule has 0 atom stereocenters. The predicted molar refractivity (Wildman–Crippen MR) is 176 cm³/mol. The molecule has 0 N–H and O–H groups in total. The van der Waals surface area contributed by atoms with Crippen LogP contribution in [0.15, 0.2) is 128 Å². The number of rotatable bonds is 4. The highest BCUT2D eigenvalue weighted by Crippen LogP contribution is 2.24. The predicted octanol–water partition coefficient (Wildman–Crippen LogP) is 4.88. The summed E-state index contributed by atoms with van der Waals surface area (Å²) in [5.74, 6) is 0. The number of benzene rings is 4. The van der Waals surface area contributed by atoms with Crippen molar-refractivity contribution < 1.29 is 0 Å². The second-order valence-electron chi connectivity index (χ2n) is 11.0. The van der Waals surface area contributed by atoms with Crippen LogP contribution >= 0.6 is 0 Å². The second-order valence-corrected chi connectivity index (χ2v) is 11.0. The van der Waals surface area contributed by atoms with Gasteiger partial charge < -0.3 is 0 Å². The van der Waals surface area contributed by atoms with Gasteiger partial charge in [-0.3, -0.25) is 19.2 Å². The first-order valence-corrected chi connectivity index (χ1v) is 14.6. The lowest BCUT2D eigenvalue weighted by molar-refractivity contribution is 1.23. The summed E-state index contributed by atoms with van der Waals surface area (Å²) in [6, 6.07) is 33.7. The van der Waals surface area contributed by atoms with Crippen molar-refractivity contribution in [2.45, 2.75) is 13.8 Å². The first kappa shape index (κ1) is 28.5. The van der Waals surface area contributed by atoms with Crippen LogP contribution in [0.5, 0.6) is 0 Å². The fraction of sp³-hybridized carbons (Fsp3) is 0.0526. The van der Waals surface area contributed by atoms with Crippen molar-refractivity contribution >= 4 is 0 Å².